The van der Waals surface area contributed by atoms with E-state index >= 15 is 0 Å². The van der Waals surface area contributed by atoms with Crippen LogP contribution in [0.5, 0.6) is 11.5 Å². The molecule has 1 aliphatic carbocycles. The Morgan fingerprint density at radius 1 is 1.19 bits per heavy atom. The predicted molar refractivity (Wildman–Crippen MR) is 97.7 cm³/mol. The number of benzene rings is 1. The summed E-state index contributed by atoms with van der Waals surface area (Å²) in [5.41, 5.74) is 0.979. The molecule has 3 unspecified atom stereocenters. The van der Waals surface area contributed by atoms with Crippen molar-refractivity contribution in [1.29, 1.82) is 0 Å². The minimum Gasteiger partial charge on any atom is -0.506 e. The average Bonchev–Trinajstić information content (AvgIpc) is 3.17. The summed E-state index contributed by atoms with van der Waals surface area (Å²) in [7, 11) is 0. The van der Waals surface area contributed by atoms with Crippen molar-refractivity contribution < 1.29 is 18.6 Å². The Morgan fingerprint density at radius 3 is 2.59 bits per heavy atom. The standard InChI is InChI=1S/C21H24F2N2O2/c1-13(19-6-5-16(26)9-24-19)10-25-11-14-7-17(8-15(14)12-25)27-20-4-2-3-18(22)21(20)23/h2-6,9,13-15,17,26H,7-8,10-12H2,1H3/t13?,14-,15?,17?/m0/s1. The van der Waals surface area contributed by atoms with Crippen LogP contribution in [0.25, 0.3) is 0 Å². The van der Waals surface area contributed by atoms with Gasteiger partial charge in [-0.05, 0) is 48.9 Å². The van der Waals surface area contributed by atoms with Crippen LogP contribution in [0.15, 0.2) is 36.5 Å². The highest BCUT2D eigenvalue weighted by molar-refractivity contribution is 5.25. The highest BCUT2D eigenvalue weighted by Crippen LogP contribution is 2.40. The first-order valence-corrected chi connectivity index (χ1v) is 9.47. The van der Waals surface area contributed by atoms with Crippen LogP contribution >= 0.6 is 0 Å². The summed E-state index contributed by atoms with van der Waals surface area (Å²) in [5.74, 6) is -0.206. The number of halogens is 2. The van der Waals surface area contributed by atoms with Crippen LogP contribution in [0.2, 0.25) is 0 Å². The zero-order chi connectivity index (χ0) is 19.0. The Bertz CT molecular complexity index is 785. The summed E-state index contributed by atoms with van der Waals surface area (Å²) in [6.45, 7) is 5.07. The molecular formula is C21H24F2N2O2. The summed E-state index contributed by atoms with van der Waals surface area (Å²) >= 11 is 0. The number of likely N-dealkylation sites (tertiary alicyclic amines) is 1. The number of aromatic hydroxyl groups is 1. The van der Waals surface area contributed by atoms with E-state index in [4.69, 9.17) is 4.74 Å². The van der Waals surface area contributed by atoms with Gasteiger partial charge in [-0.2, -0.15) is 4.39 Å². The highest BCUT2D eigenvalue weighted by atomic mass is 19.2. The van der Waals surface area contributed by atoms with E-state index in [9.17, 15) is 13.9 Å². The van der Waals surface area contributed by atoms with Gasteiger partial charge < -0.3 is 14.7 Å². The lowest BCUT2D eigenvalue weighted by atomic mass is 10.0. The van der Waals surface area contributed by atoms with Gasteiger partial charge >= 0.3 is 0 Å². The maximum Gasteiger partial charge on any atom is 0.200 e. The third-order valence-electron chi connectivity index (χ3n) is 5.80. The van der Waals surface area contributed by atoms with E-state index in [0.717, 1.165) is 44.2 Å². The highest BCUT2D eigenvalue weighted by Gasteiger charge is 2.42. The lowest BCUT2D eigenvalue weighted by Crippen LogP contribution is -2.28. The Labute approximate surface area is 157 Å². The second kappa shape index (κ2) is 7.43. The molecule has 0 amide bonds. The molecule has 1 aromatic carbocycles. The number of pyridine rings is 1. The van der Waals surface area contributed by atoms with Crippen LogP contribution in [0.4, 0.5) is 8.78 Å². The normalized spacial score (nSPS) is 26.1. The van der Waals surface area contributed by atoms with Crippen molar-refractivity contribution in [2.75, 3.05) is 19.6 Å². The second-order valence-electron chi connectivity index (χ2n) is 7.84. The van der Waals surface area contributed by atoms with Crippen molar-refractivity contribution in [2.45, 2.75) is 31.8 Å². The summed E-state index contributed by atoms with van der Waals surface area (Å²) in [4.78, 5) is 6.76. The third-order valence-corrected chi connectivity index (χ3v) is 5.80. The molecule has 1 saturated heterocycles. The molecule has 144 valence electrons. The van der Waals surface area contributed by atoms with Gasteiger partial charge in [-0.25, -0.2) is 4.39 Å². The first-order valence-electron chi connectivity index (χ1n) is 9.47. The number of hydrogen-bond donors (Lipinski definition) is 1. The SMILES string of the molecule is CC(CN1CC2CC(Oc3cccc(F)c3F)C[C@H]2C1)c1ccc(O)cn1. The fourth-order valence-electron chi connectivity index (χ4n) is 4.51. The van der Waals surface area contributed by atoms with E-state index in [2.05, 4.69) is 16.8 Å². The molecule has 0 bridgehead atoms. The van der Waals surface area contributed by atoms with Gasteiger partial charge in [0, 0.05) is 31.2 Å². The van der Waals surface area contributed by atoms with E-state index in [-0.39, 0.29) is 23.5 Å². The van der Waals surface area contributed by atoms with E-state index < -0.39 is 11.6 Å². The van der Waals surface area contributed by atoms with Gasteiger partial charge in [0.2, 0.25) is 5.82 Å². The minimum atomic E-state index is -0.897. The van der Waals surface area contributed by atoms with Crippen LogP contribution in [-0.2, 0) is 0 Å². The van der Waals surface area contributed by atoms with Crippen LogP contribution in [0, 0.1) is 23.5 Å². The molecule has 2 fully saturated rings. The maximum atomic E-state index is 13.8. The van der Waals surface area contributed by atoms with Crippen LogP contribution < -0.4 is 4.74 Å². The second-order valence-corrected chi connectivity index (χ2v) is 7.84. The van der Waals surface area contributed by atoms with Crippen LogP contribution in [0.1, 0.15) is 31.4 Å². The number of hydrogen-bond acceptors (Lipinski definition) is 4. The Balaban J connectivity index is 1.30. The maximum absolute atomic E-state index is 13.8. The monoisotopic (exact) mass is 374 g/mol. The van der Waals surface area contributed by atoms with E-state index in [1.165, 1.54) is 18.3 Å². The molecule has 0 radical (unpaired) electrons. The van der Waals surface area contributed by atoms with Gasteiger partial charge in [-0.15, -0.1) is 0 Å². The first kappa shape index (κ1) is 18.2. The fourth-order valence-corrected chi connectivity index (χ4v) is 4.51. The largest absolute Gasteiger partial charge is 0.506 e. The van der Waals surface area contributed by atoms with Gasteiger partial charge in [-0.3, -0.25) is 4.98 Å². The topological polar surface area (TPSA) is 45.6 Å². The number of fused-ring (bicyclic) bond motifs is 1. The molecule has 0 spiro atoms. The van der Waals surface area contributed by atoms with Gasteiger partial charge in [0.15, 0.2) is 11.6 Å². The van der Waals surface area contributed by atoms with Crippen molar-refractivity contribution in [1.82, 2.24) is 9.88 Å². The smallest absolute Gasteiger partial charge is 0.200 e. The summed E-state index contributed by atoms with van der Waals surface area (Å²) in [5, 5.41) is 9.37. The number of aromatic nitrogens is 1. The molecule has 2 aromatic rings. The Hall–Kier alpha value is -2.21. The molecule has 6 heteroatoms. The molecule has 2 aliphatic rings. The van der Waals surface area contributed by atoms with Crippen molar-refractivity contribution in [3.63, 3.8) is 0 Å². The van der Waals surface area contributed by atoms with Crippen molar-refractivity contribution in [2.24, 2.45) is 11.8 Å². The summed E-state index contributed by atoms with van der Waals surface area (Å²) in [6, 6.07) is 7.61. The first-order chi connectivity index (χ1) is 13.0. The number of rotatable bonds is 5. The van der Waals surface area contributed by atoms with Gasteiger partial charge in [-0.1, -0.05) is 13.0 Å². The van der Waals surface area contributed by atoms with Crippen molar-refractivity contribution in [3.05, 3.63) is 53.9 Å². The number of nitrogens with zero attached hydrogens (tertiary/aromatic N) is 2. The third kappa shape index (κ3) is 3.90. The molecule has 1 aliphatic heterocycles. The minimum absolute atomic E-state index is 0.0175. The fraction of sp³-hybridized carbons (Fsp3) is 0.476. The van der Waals surface area contributed by atoms with E-state index in [1.54, 1.807) is 6.07 Å². The molecule has 1 N–H and O–H groups in total. The lowest BCUT2D eigenvalue weighted by molar-refractivity contribution is 0.175. The quantitative estimate of drug-likeness (QED) is 0.861. The molecule has 1 aromatic heterocycles. The van der Waals surface area contributed by atoms with Gasteiger partial charge in [0.05, 0.1) is 12.3 Å². The molecule has 2 heterocycles. The van der Waals surface area contributed by atoms with E-state index in [0.29, 0.717) is 11.8 Å². The molecular weight excluding hydrogens is 350 g/mol. The molecule has 4 rings (SSSR count). The summed E-state index contributed by atoms with van der Waals surface area (Å²) in [6.07, 6.45) is 3.19. The van der Waals surface area contributed by atoms with Gasteiger partial charge in [0.25, 0.3) is 0 Å². The molecule has 4 atom stereocenters. The number of ether oxygens (including phenoxy) is 1. The summed E-state index contributed by atoms with van der Waals surface area (Å²) < 4.78 is 32.9. The van der Waals surface area contributed by atoms with Crippen LogP contribution in [-0.4, -0.2) is 40.7 Å². The molecule has 1 saturated carbocycles. The van der Waals surface area contributed by atoms with Crippen LogP contribution in [0.3, 0.4) is 0 Å². The van der Waals surface area contributed by atoms with Gasteiger partial charge in [0.1, 0.15) is 5.75 Å². The molecule has 27 heavy (non-hydrogen) atoms. The van der Waals surface area contributed by atoms with Crippen molar-refractivity contribution in [3.8, 4) is 11.5 Å². The average molecular weight is 374 g/mol. The Kier molecular flexibility index (Phi) is 5.00. The zero-order valence-corrected chi connectivity index (χ0v) is 15.3. The Morgan fingerprint density at radius 2 is 1.93 bits per heavy atom. The molecule has 4 nitrogen and oxygen atoms in total. The zero-order valence-electron chi connectivity index (χ0n) is 15.3. The van der Waals surface area contributed by atoms with E-state index in [1.807, 2.05) is 6.07 Å². The lowest BCUT2D eigenvalue weighted by Gasteiger charge is -2.23. The van der Waals surface area contributed by atoms with Crippen molar-refractivity contribution >= 4 is 0 Å². The predicted octanol–water partition coefficient (Wildman–Crippen LogP) is 3.96.